The fourth-order valence-corrected chi connectivity index (χ4v) is 1.89. The zero-order valence-corrected chi connectivity index (χ0v) is 12.0. The summed E-state index contributed by atoms with van der Waals surface area (Å²) in [5, 5.41) is 15.5. The Labute approximate surface area is 114 Å². The van der Waals surface area contributed by atoms with Crippen molar-refractivity contribution in [2.45, 2.75) is 19.4 Å². The Kier molecular flexibility index (Phi) is 5.32. The van der Waals surface area contributed by atoms with Crippen molar-refractivity contribution < 1.29 is 9.90 Å². The fraction of sp³-hybridized carbons (Fsp3) is 0.500. The molecule has 2 amide bonds. The van der Waals surface area contributed by atoms with E-state index in [2.05, 4.69) is 10.6 Å². The first kappa shape index (κ1) is 15.5. The molecule has 0 aliphatic carbocycles. The highest BCUT2D eigenvalue weighted by Gasteiger charge is 2.22. The number of amides is 2. The first-order valence-electron chi connectivity index (χ1n) is 6.28. The maximum Gasteiger partial charge on any atom is 0.319 e. The lowest BCUT2D eigenvalue weighted by Crippen LogP contribution is -2.48. The molecule has 0 saturated heterocycles. The molecule has 1 rings (SSSR count). The molecule has 1 aromatic rings. The molecule has 0 bridgehead atoms. The summed E-state index contributed by atoms with van der Waals surface area (Å²) in [5.41, 5.74) is 0.817. The van der Waals surface area contributed by atoms with Gasteiger partial charge in [-0.15, -0.1) is 0 Å². The van der Waals surface area contributed by atoms with Crippen molar-refractivity contribution in [2.24, 2.45) is 0 Å². The summed E-state index contributed by atoms with van der Waals surface area (Å²) >= 11 is 0. The van der Waals surface area contributed by atoms with E-state index in [9.17, 15) is 9.90 Å². The Bertz CT molecular complexity index is 430. The highest BCUT2D eigenvalue weighted by atomic mass is 16.3. The third kappa shape index (κ3) is 5.72. The number of nitrogens with zero attached hydrogens (tertiary/aromatic N) is 1. The average Bonchev–Trinajstić information content (AvgIpc) is 2.28. The topological polar surface area (TPSA) is 64.6 Å². The Hall–Kier alpha value is -1.59. The van der Waals surface area contributed by atoms with Gasteiger partial charge in [-0.05, 0) is 39.6 Å². The number of hydrogen-bond acceptors (Lipinski definition) is 3. The van der Waals surface area contributed by atoms with Crippen LogP contribution in [-0.4, -0.2) is 48.8 Å². The van der Waals surface area contributed by atoms with E-state index in [1.165, 1.54) is 0 Å². The highest BCUT2D eigenvalue weighted by Crippen LogP contribution is 2.12. The van der Waals surface area contributed by atoms with Crippen molar-refractivity contribution in [1.29, 1.82) is 0 Å². The van der Waals surface area contributed by atoms with E-state index in [1.807, 2.05) is 50.2 Å². The number of rotatable bonds is 5. The quantitative estimate of drug-likeness (QED) is 0.754. The van der Waals surface area contributed by atoms with Gasteiger partial charge < -0.3 is 20.6 Å². The smallest absolute Gasteiger partial charge is 0.319 e. The molecular weight excluding hydrogens is 242 g/mol. The fourth-order valence-electron chi connectivity index (χ4n) is 1.89. The van der Waals surface area contributed by atoms with Crippen LogP contribution in [0, 0.1) is 6.92 Å². The van der Waals surface area contributed by atoms with Crippen LogP contribution in [0.25, 0.3) is 0 Å². The van der Waals surface area contributed by atoms with Crippen LogP contribution in [0.5, 0.6) is 0 Å². The molecule has 0 aromatic heterocycles. The molecule has 3 N–H and O–H groups in total. The lowest BCUT2D eigenvalue weighted by molar-refractivity contribution is 0.0364. The molecule has 0 aliphatic rings. The highest BCUT2D eigenvalue weighted by molar-refractivity contribution is 5.90. The summed E-state index contributed by atoms with van der Waals surface area (Å²) in [6.45, 7) is 4.30. The van der Waals surface area contributed by atoms with Gasteiger partial charge in [-0.25, -0.2) is 4.79 Å². The van der Waals surface area contributed by atoms with Crippen LogP contribution in [0.2, 0.25) is 0 Å². The van der Waals surface area contributed by atoms with Crippen LogP contribution in [-0.2, 0) is 0 Å². The van der Waals surface area contributed by atoms with Crippen molar-refractivity contribution in [1.82, 2.24) is 10.2 Å². The predicted octanol–water partition coefficient (Wildman–Crippen LogP) is 1.43. The second-order valence-electron chi connectivity index (χ2n) is 5.36. The maximum atomic E-state index is 11.8. The van der Waals surface area contributed by atoms with Gasteiger partial charge >= 0.3 is 6.03 Å². The zero-order valence-electron chi connectivity index (χ0n) is 12.0. The molecule has 5 nitrogen and oxygen atoms in total. The van der Waals surface area contributed by atoms with Crippen molar-refractivity contribution in [3.05, 3.63) is 29.8 Å². The molecule has 0 radical (unpaired) electrons. The summed E-state index contributed by atoms with van der Waals surface area (Å²) in [6, 6.07) is 7.24. The van der Waals surface area contributed by atoms with Crippen LogP contribution >= 0.6 is 0 Å². The number of anilines is 1. The maximum absolute atomic E-state index is 11.8. The molecule has 1 unspecified atom stereocenters. The second-order valence-corrected chi connectivity index (χ2v) is 5.36. The van der Waals surface area contributed by atoms with Crippen LogP contribution in [0.4, 0.5) is 10.5 Å². The van der Waals surface area contributed by atoms with Crippen molar-refractivity contribution in [2.75, 3.05) is 32.5 Å². The Morgan fingerprint density at radius 1 is 1.37 bits per heavy atom. The van der Waals surface area contributed by atoms with Crippen molar-refractivity contribution in [3.8, 4) is 0 Å². The SMILES string of the molecule is Cc1ccccc1NC(=O)NCC(C)(O)CN(C)C. The number of carbonyl (C=O) groups is 1. The van der Waals surface area contributed by atoms with E-state index in [0.717, 1.165) is 11.3 Å². The Morgan fingerprint density at radius 2 is 2.00 bits per heavy atom. The van der Waals surface area contributed by atoms with Crippen molar-refractivity contribution >= 4 is 11.7 Å². The van der Waals surface area contributed by atoms with Gasteiger partial charge in [0.25, 0.3) is 0 Å². The summed E-state index contributed by atoms with van der Waals surface area (Å²) in [7, 11) is 3.75. The summed E-state index contributed by atoms with van der Waals surface area (Å²) in [4.78, 5) is 13.6. The third-order valence-electron chi connectivity index (χ3n) is 2.68. The molecule has 0 fully saturated rings. The minimum Gasteiger partial charge on any atom is -0.387 e. The predicted molar refractivity (Wildman–Crippen MR) is 77.4 cm³/mol. The van der Waals surface area contributed by atoms with Gasteiger partial charge in [0.1, 0.15) is 0 Å². The number of carbonyl (C=O) groups excluding carboxylic acids is 1. The number of para-hydroxylation sites is 1. The minimum absolute atomic E-state index is 0.197. The Morgan fingerprint density at radius 3 is 2.58 bits per heavy atom. The minimum atomic E-state index is -0.952. The van der Waals surface area contributed by atoms with Gasteiger partial charge in [-0.1, -0.05) is 18.2 Å². The van der Waals surface area contributed by atoms with Crippen LogP contribution in [0.15, 0.2) is 24.3 Å². The number of aryl methyl sites for hydroxylation is 1. The molecule has 19 heavy (non-hydrogen) atoms. The van der Waals surface area contributed by atoms with E-state index in [-0.39, 0.29) is 12.6 Å². The number of aliphatic hydroxyl groups is 1. The second kappa shape index (κ2) is 6.54. The van der Waals surface area contributed by atoms with E-state index in [1.54, 1.807) is 6.92 Å². The first-order valence-corrected chi connectivity index (χ1v) is 6.28. The van der Waals surface area contributed by atoms with E-state index >= 15 is 0 Å². The standard InChI is InChI=1S/C14H23N3O2/c1-11-7-5-6-8-12(11)16-13(18)15-9-14(2,19)10-17(3)4/h5-8,19H,9-10H2,1-4H3,(H2,15,16,18). The van der Waals surface area contributed by atoms with Gasteiger partial charge in [0.15, 0.2) is 0 Å². The van der Waals surface area contributed by atoms with E-state index < -0.39 is 5.60 Å². The Balaban J connectivity index is 2.46. The van der Waals surface area contributed by atoms with Gasteiger partial charge in [-0.2, -0.15) is 0 Å². The number of urea groups is 1. The zero-order chi connectivity index (χ0) is 14.5. The lowest BCUT2D eigenvalue weighted by atomic mass is 10.1. The van der Waals surface area contributed by atoms with E-state index in [4.69, 9.17) is 0 Å². The molecule has 106 valence electrons. The monoisotopic (exact) mass is 265 g/mol. The molecule has 0 spiro atoms. The number of nitrogens with one attached hydrogen (secondary N) is 2. The molecule has 5 heteroatoms. The summed E-state index contributed by atoms with van der Waals surface area (Å²) in [5.74, 6) is 0. The normalized spacial score (nSPS) is 14.0. The first-order chi connectivity index (χ1) is 8.80. The summed E-state index contributed by atoms with van der Waals surface area (Å²) < 4.78 is 0. The lowest BCUT2D eigenvalue weighted by Gasteiger charge is -2.27. The number of benzene rings is 1. The molecule has 1 atom stereocenters. The average molecular weight is 265 g/mol. The molecule has 0 heterocycles. The van der Waals surface area contributed by atoms with Crippen LogP contribution in [0.1, 0.15) is 12.5 Å². The van der Waals surface area contributed by atoms with Crippen LogP contribution in [0.3, 0.4) is 0 Å². The number of likely N-dealkylation sites (N-methyl/N-ethyl adjacent to an activating group) is 1. The molecular formula is C14H23N3O2. The largest absolute Gasteiger partial charge is 0.387 e. The van der Waals surface area contributed by atoms with Gasteiger partial charge in [-0.3, -0.25) is 0 Å². The summed E-state index contributed by atoms with van der Waals surface area (Å²) in [6.07, 6.45) is 0. The van der Waals surface area contributed by atoms with Crippen LogP contribution < -0.4 is 10.6 Å². The third-order valence-corrected chi connectivity index (χ3v) is 2.68. The molecule has 0 aliphatic heterocycles. The van der Waals surface area contributed by atoms with Gasteiger partial charge in [0, 0.05) is 18.8 Å². The van der Waals surface area contributed by atoms with E-state index in [0.29, 0.717) is 6.54 Å². The van der Waals surface area contributed by atoms with Gasteiger partial charge in [0.05, 0.1) is 5.60 Å². The molecule has 0 saturated carbocycles. The van der Waals surface area contributed by atoms with Crippen molar-refractivity contribution in [3.63, 3.8) is 0 Å². The van der Waals surface area contributed by atoms with Gasteiger partial charge in [0.2, 0.25) is 0 Å². The molecule has 1 aromatic carbocycles. The number of hydrogen-bond donors (Lipinski definition) is 3.